The molecule has 0 aliphatic carbocycles. The van der Waals surface area contributed by atoms with E-state index in [2.05, 4.69) is 26.3 Å². The summed E-state index contributed by atoms with van der Waals surface area (Å²) in [6.45, 7) is 1.71. The largest absolute Gasteiger partial charge is 0.404 e. The van der Waals surface area contributed by atoms with Crippen molar-refractivity contribution in [2.75, 3.05) is 6.54 Å². The van der Waals surface area contributed by atoms with Crippen molar-refractivity contribution in [1.82, 2.24) is 15.1 Å². The Morgan fingerprint density at radius 3 is 3.13 bits per heavy atom. The van der Waals surface area contributed by atoms with Crippen molar-refractivity contribution in [1.29, 1.82) is 0 Å². The molecule has 2 rings (SSSR count). The van der Waals surface area contributed by atoms with Gasteiger partial charge in [-0.25, -0.2) is 0 Å². The summed E-state index contributed by atoms with van der Waals surface area (Å²) < 4.78 is 2.05. The fourth-order valence-corrected chi connectivity index (χ4v) is 2.20. The summed E-state index contributed by atoms with van der Waals surface area (Å²) in [7, 11) is 0. The van der Waals surface area contributed by atoms with Gasteiger partial charge in [0.1, 0.15) is 4.47 Å². The van der Waals surface area contributed by atoms with Gasteiger partial charge in [-0.05, 0) is 40.2 Å². The Balaban J connectivity index is 2.08. The molecule has 1 aliphatic heterocycles. The van der Waals surface area contributed by atoms with E-state index < -0.39 is 4.92 Å². The van der Waals surface area contributed by atoms with Crippen molar-refractivity contribution in [3.05, 3.63) is 20.8 Å². The first-order chi connectivity index (χ1) is 7.16. The van der Waals surface area contributed by atoms with E-state index in [1.807, 2.05) is 0 Å². The maximum Gasteiger partial charge on any atom is 0.404 e. The minimum atomic E-state index is -0.483. The van der Waals surface area contributed by atoms with Gasteiger partial charge in [0, 0.05) is 6.04 Å². The first-order valence-electron chi connectivity index (χ1n) is 4.77. The minimum Gasteiger partial charge on any atom is -0.358 e. The van der Waals surface area contributed by atoms with Gasteiger partial charge >= 0.3 is 5.82 Å². The van der Waals surface area contributed by atoms with Gasteiger partial charge in [0.15, 0.2) is 0 Å². The van der Waals surface area contributed by atoms with Gasteiger partial charge in [-0.15, -0.1) is 0 Å². The Morgan fingerprint density at radius 2 is 2.60 bits per heavy atom. The number of hydrogen-bond acceptors (Lipinski definition) is 4. The third kappa shape index (κ3) is 2.35. The SMILES string of the molecule is O=[N+]([O-])c1nn(C[C@@H]2CCCN2)cc1Br. The molecule has 0 amide bonds. The molecule has 0 aromatic carbocycles. The lowest BCUT2D eigenvalue weighted by atomic mass is 10.2. The zero-order valence-corrected chi connectivity index (χ0v) is 9.61. The fourth-order valence-electron chi connectivity index (χ4n) is 1.74. The van der Waals surface area contributed by atoms with Crippen LogP contribution in [0.5, 0.6) is 0 Å². The van der Waals surface area contributed by atoms with Gasteiger partial charge in [-0.3, -0.25) is 0 Å². The molecule has 1 atom stereocenters. The number of rotatable bonds is 3. The highest BCUT2D eigenvalue weighted by Crippen LogP contribution is 2.22. The molecule has 6 nitrogen and oxygen atoms in total. The number of nitro groups is 1. The molecular formula is C8H11BrN4O2. The molecule has 1 N–H and O–H groups in total. The molecule has 1 fully saturated rings. The number of hydrogen-bond donors (Lipinski definition) is 1. The van der Waals surface area contributed by atoms with Crippen LogP contribution in [0.4, 0.5) is 5.82 Å². The van der Waals surface area contributed by atoms with E-state index in [0.29, 0.717) is 17.1 Å². The summed E-state index contributed by atoms with van der Waals surface area (Å²) in [5.41, 5.74) is 0. The van der Waals surface area contributed by atoms with E-state index in [4.69, 9.17) is 0 Å². The molecule has 82 valence electrons. The van der Waals surface area contributed by atoms with Crippen LogP contribution in [0.15, 0.2) is 10.7 Å². The molecule has 0 radical (unpaired) electrons. The Morgan fingerprint density at radius 1 is 1.80 bits per heavy atom. The van der Waals surface area contributed by atoms with Crippen molar-refractivity contribution in [3.8, 4) is 0 Å². The van der Waals surface area contributed by atoms with Gasteiger partial charge in [-0.2, -0.15) is 4.68 Å². The maximum absolute atomic E-state index is 10.6. The van der Waals surface area contributed by atoms with Crippen molar-refractivity contribution >= 4 is 21.7 Å². The highest BCUT2D eigenvalue weighted by Gasteiger charge is 2.21. The van der Waals surface area contributed by atoms with Crippen LogP contribution >= 0.6 is 15.9 Å². The van der Waals surface area contributed by atoms with Gasteiger partial charge < -0.3 is 15.4 Å². The molecule has 0 saturated carbocycles. The molecule has 2 heterocycles. The van der Waals surface area contributed by atoms with Gasteiger partial charge in [0.2, 0.25) is 0 Å². The molecule has 0 spiro atoms. The van der Waals surface area contributed by atoms with Crippen molar-refractivity contribution in [3.63, 3.8) is 0 Å². The van der Waals surface area contributed by atoms with Crippen LogP contribution in [-0.2, 0) is 6.54 Å². The molecule has 1 aromatic rings. The topological polar surface area (TPSA) is 73.0 Å². The lowest BCUT2D eigenvalue weighted by molar-refractivity contribution is -0.390. The van der Waals surface area contributed by atoms with E-state index in [1.165, 1.54) is 0 Å². The zero-order valence-electron chi connectivity index (χ0n) is 8.02. The van der Waals surface area contributed by atoms with E-state index in [-0.39, 0.29) is 5.82 Å². The number of aromatic nitrogens is 2. The first kappa shape index (κ1) is 10.6. The Labute approximate surface area is 94.9 Å². The number of nitrogens with zero attached hydrogens (tertiary/aromatic N) is 3. The highest BCUT2D eigenvalue weighted by molar-refractivity contribution is 9.10. The van der Waals surface area contributed by atoms with Crippen LogP contribution in [0.1, 0.15) is 12.8 Å². The molecule has 1 aromatic heterocycles. The van der Waals surface area contributed by atoms with Gasteiger partial charge in [0.25, 0.3) is 0 Å². The third-order valence-corrected chi connectivity index (χ3v) is 3.00. The maximum atomic E-state index is 10.6. The minimum absolute atomic E-state index is 0.118. The molecule has 1 saturated heterocycles. The Hall–Kier alpha value is -0.950. The third-order valence-electron chi connectivity index (χ3n) is 2.44. The highest BCUT2D eigenvalue weighted by atomic mass is 79.9. The predicted molar refractivity (Wildman–Crippen MR) is 57.6 cm³/mol. The standard InChI is InChI=1S/C8H11BrN4O2/c9-7-5-12(11-8(7)13(14)15)4-6-2-1-3-10-6/h5-6,10H,1-4H2/t6-/m0/s1. The summed E-state index contributed by atoms with van der Waals surface area (Å²) in [4.78, 5) is 10.1. The van der Waals surface area contributed by atoms with Crippen LogP contribution in [0.25, 0.3) is 0 Å². The summed E-state index contributed by atoms with van der Waals surface area (Å²) in [5.74, 6) is -0.118. The molecule has 0 bridgehead atoms. The summed E-state index contributed by atoms with van der Waals surface area (Å²) in [6, 6.07) is 0.386. The second-order valence-corrected chi connectivity index (χ2v) is 4.43. The lowest BCUT2D eigenvalue weighted by Gasteiger charge is -2.06. The van der Waals surface area contributed by atoms with Crippen molar-refractivity contribution in [2.45, 2.75) is 25.4 Å². The smallest absolute Gasteiger partial charge is 0.358 e. The van der Waals surface area contributed by atoms with E-state index >= 15 is 0 Å². The summed E-state index contributed by atoms with van der Waals surface area (Å²) >= 11 is 3.12. The monoisotopic (exact) mass is 274 g/mol. The van der Waals surface area contributed by atoms with E-state index in [9.17, 15) is 10.1 Å². The molecule has 1 aliphatic rings. The van der Waals surface area contributed by atoms with E-state index in [1.54, 1.807) is 10.9 Å². The van der Waals surface area contributed by atoms with Crippen LogP contribution in [0.2, 0.25) is 0 Å². The van der Waals surface area contributed by atoms with Gasteiger partial charge in [-0.1, -0.05) is 0 Å². The number of nitrogens with one attached hydrogen (secondary N) is 1. The van der Waals surface area contributed by atoms with Crippen molar-refractivity contribution < 1.29 is 4.92 Å². The average molecular weight is 275 g/mol. The van der Waals surface area contributed by atoms with Crippen LogP contribution in [0, 0.1) is 10.1 Å². The molecule has 15 heavy (non-hydrogen) atoms. The Kier molecular flexibility index (Phi) is 3.01. The van der Waals surface area contributed by atoms with Crippen LogP contribution in [0.3, 0.4) is 0 Å². The average Bonchev–Trinajstić information content (AvgIpc) is 2.75. The summed E-state index contributed by atoms with van der Waals surface area (Å²) in [5, 5.41) is 17.8. The van der Waals surface area contributed by atoms with E-state index in [0.717, 1.165) is 19.4 Å². The second-order valence-electron chi connectivity index (χ2n) is 3.57. The normalized spacial score (nSPS) is 20.7. The summed E-state index contributed by atoms with van der Waals surface area (Å²) in [6.07, 6.45) is 3.92. The first-order valence-corrected chi connectivity index (χ1v) is 5.57. The fraction of sp³-hybridized carbons (Fsp3) is 0.625. The predicted octanol–water partition coefficient (Wildman–Crippen LogP) is 1.31. The lowest BCUT2D eigenvalue weighted by Crippen LogP contribution is -2.26. The van der Waals surface area contributed by atoms with Crippen LogP contribution in [-0.4, -0.2) is 27.3 Å². The second kappa shape index (κ2) is 4.28. The Bertz CT molecular complexity index is 373. The number of halogens is 1. The quantitative estimate of drug-likeness (QED) is 0.666. The van der Waals surface area contributed by atoms with Gasteiger partial charge in [0.05, 0.1) is 17.8 Å². The zero-order chi connectivity index (χ0) is 10.8. The molecule has 0 unspecified atom stereocenters. The molecular weight excluding hydrogens is 264 g/mol. The van der Waals surface area contributed by atoms with Crippen LogP contribution < -0.4 is 5.32 Å². The molecule has 7 heteroatoms. The van der Waals surface area contributed by atoms with Crippen molar-refractivity contribution in [2.24, 2.45) is 0 Å².